The van der Waals surface area contributed by atoms with Crippen LogP contribution in [0.2, 0.25) is 0 Å². The molecule has 2 heterocycles. The van der Waals surface area contributed by atoms with E-state index in [1.165, 1.54) is 16.5 Å². The number of hydrogen-bond donors (Lipinski definition) is 0. The van der Waals surface area contributed by atoms with Gasteiger partial charge >= 0.3 is 0 Å². The molecular formula is C19H16N4. The summed E-state index contributed by atoms with van der Waals surface area (Å²) in [6.45, 7) is 2.09. The van der Waals surface area contributed by atoms with Crippen molar-refractivity contribution in [3.63, 3.8) is 0 Å². The molecule has 0 N–H and O–H groups in total. The van der Waals surface area contributed by atoms with Gasteiger partial charge in [0.1, 0.15) is 0 Å². The summed E-state index contributed by atoms with van der Waals surface area (Å²) >= 11 is 0. The lowest BCUT2D eigenvalue weighted by Crippen LogP contribution is -1.99. The van der Waals surface area contributed by atoms with Gasteiger partial charge in [-0.25, -0.2) is 9.67 Å². The van der Waals surface area contributed by atoms with Crippen molar-refractivity contribution in [2.24, 2.45) is 0 Å². The second-order valence-electron chi connectivity index (χ2n) is 5.63. The van der Waals surface area contributed by atoms with E-state index in [1.54, 1.807) is 4.68 Å². The Kier molecular flexibility index (Phi) is 3.35. The molecule has 0 amide bonds. The maximum atomic E-state index is 4.69. The lowest BCUT2D eigenvalue weighted by atomic mass is 10.1. The highest BCUT2D eigenvalue weighted by atomic mass is 15.4. The fourth-order valence-electron chi connectivity index (χ4n) is 2.75. The first-order chi connectivity index (χ1) is 11.3. The van der Waals surface area contributed by atoms with Gasteiger partial charge in [-0.15, -0.1) is 5.10 Å². The predicted octanol–water partition coefficient (Wildman–Crippen LogP) is 3.71. The molecule has 0 atom stereocenters. The minimum absolute atomic E-state index is 0.771. The normalized spacial score (nSPS) is 11.0. The summed E-state index contributed by atoms with van der Waals surface area (Å²) in [5.74, 6) is 0.799. The maximum absolute atomic E-state index is 4.69. The molecule has 4 nitrogen and oxygen atoms in total. The fourth-order valence-corrected chi connectivity index (χ4v) is 2.75. The number of benzene rings is 2. The van der Waals surface area contributed by atoms with Crippen molar-refractivity contribution in [3.05, 3.63) is 83.7 Å². The molecule has 0 radical (unpaired) electrons. The minimum Gasteiger partial charge on any atom is -0.229 e. The minimum atomic E-state index is 0.771. The highest BCUT2D eigenvalue weighted by Gasteiger charge is 2.07. The number of rotatable bonds is 3. The molecule has 0 aliphatic heterocycles. The fraction of sp³-hybridized carbons (Fsp3) is 0.105. The van der Waals surface area contributed by atoms with Crippen LogP contribution in [0.4, 0.5) is 0 Å². The predicted molar refractivity (Wildman–Crippen MR) is 90.6 cm³/mol. The van der Waals surface area contributed by atoms with Crippen LogP contribution >= 0.6 is 0 Å². The molecule has 2 aromatic carbocycles. The molecule has 0 aliphatic carbocycles. The van der Waals surface area contributed by atoms with Crippen LogP contribution in [-0.4, -0.2) is 20.0 Å². The van der Waals surface area contributed by atoms with Crippen LogP contribution in [0.5, 0.6) is 0 Å². The molecule has 4 aromatic rings. The zero-order valence-corrected chi connectivity index (χ0v) is 12.8. The summed E-state index contributed by atoms with van der Waals surface area (Å²) in [7, 11) is 0. The molecular weight excluding hydrogens is 284 g/mol. The monoisotopic (exact) mass is 300 g/mol. The molecule has 0 unspecified atom stereocenters. The molecule has 4 heteroatoms. The highest BCUT2D eigenvalue weighted by Crippen LogP contribution is 2.19. The van der Waals surface area contributed by atoms with Crippen LogP contribution in [0.3, 0.4) is 0 Å². The number of fused-ring (bicyclic) bond motifs is 1. The van der Waals surface area contributed by atoms with Crippen molar-refractivity contribution in [1.82, 2.24) is 20.0 Å². The van der Waals surface area contributed by atoms with E-state index in [0.29, 0.717) is 0 Å². The van der Waals surface area contributed by atoms with Crippen molar-refractivity contribution in [2.75, 3.05) is 0 Å². The largest absolute Gasteiger partial charge is 0.229 e. The Morgan fingerprint density at radius 1 is 0.957 bits per heavy atom. The van der Waals surface area contributed by atoms with Crippen LogP contribution in [0.15, 0.2) is 66.9 Å². The van der Waals surface area contributed by atoms with E-state index in [-0.39, 0.29) is 0 Å². The Morgan fingerprint density at radius 2 is 1.74 bits per heavy atom. The van der Waals surface area contributed by atoms with E-state index in [1.807, 2.05) is 48.7 Å². The van der Waals surface area contributed by atoms with Crippen LogP contribution in [0.25, 0.3) is 16.7 Å². The van der Waals surface area contributed by atoms with E-state index in [0.717, 1.165) is 23.4 Å². The van der Waals surface area contributed by atoms with Crippen LogP contribution in [0, 0.1) is 6.92 Å². The molecule has 4 rings (SSSR count). The number of aryl methyl sites for hydroxylation is 1. The van der Waals surface area contributed by atoms with E-state index in [9.17, 15) is 0 Å². The number of aromatic nitrogens is 4. The van der Waals surface area contributed by atoms with Gasteiger partial charge in [0, 0.05) is 11.8 Å². The SMILES string of the molecule is Cc1cc(-n2cc(Cc3ccccc3)nn2)nc2ccccc12. The van der Waals surface area contributed by atoms with Crippen LogP contribution in [0.1, 0.15) is 16.8 Å². The third-order valence-corrected chi connectivity index (χ3v) is 3.91. The van der Waals surface area contributed by atoms with E-state index < -0.39 is 0 Å². The molecule has 0 bridgehead atoms. The van der Waals surface area contributed by atoms with Crippen molar-refractivity contribution >= 4 is 10.9 Å². The number of para-hydroxylation sites is 1. The smallest absolute Gasteiger partial charge is 0.156 e. The number of nitrogens with zero attached hydrogens (tertiary/aromatic N) is 4. The summed E-state index contributed by atoms with van der Waals surface area (Å²) in [5, 5.41) is 9.67. The lowest BCUT2D eigenvalue weighted by molar-refractivity contribution is 0.781. The molecule has 0 saturated carbocycles. The zero-order chi connectivity index (χ0) is 15.6. The van der Waals surface area contributed by atoms with Crippen LogP contribution in [-0.2, 0) is 6.42 Å². The lowest BCUT2D eigenvalue weighted by Gasteiger charge is -2.05. The van der Waals surface area contributed by atoms with Gasteiger partial charge in [-0.05, 0) is 30.2 Å². The molecule has 0 spiro atoms. The standard InChI is InChI=1S/C19H16N4/c1-14-11-19(20-18-10-6-5-9-17(14)18)23-13-16(21-22-23)12-15-7-3-2-4-8-15/h2-11,13H,12H2,1H3. The van der Waals surface area contributed by atoms with Gasteiger partial charge in [0.25, 0.3) is 0 Å². The maximum Gasteiger partial charge on any atom is 0.156 e. The summed E-state index contributed by atoms with van der Waals surface area (Å²) in [6, 6.07) is 20.5. The molecule has 112 valence electrons. The first kappa shape index (κ1) is 13.6. The average Bonchev–Trinajstić information content (AvgIpc) is 3.04. The third kappa shape index (κ3) is 2.71. The molecule has 23 heavy (non-hydrogen) atoms. The molecule has 0 saturated heterocycles. The van der Waals surface area contributed by atoms with E-state index in [4.69, 9.17) is 0 Å². The Hall–Kier alpha value is -3.01. The van der Waals surface area contributed by atoms with Gasteiger partial charge in [0.15, 0.2) is 5.82 Å². The Morgan fingerprint density at radius 3 is 2.61 bits per heavy atom. The summed E-state index contributed by atoms with van der Waals surface area (Å²) in [5.41, 5.74) is 4.32. The Balaban J connectivity index is 1.69. The summed E-state index contributed by atoms with van der Waals surface area (Å²) in [6.07, 6.45) is 2.72. The summed E-state index contributed by atoms with van der Waals surface area (Å²) in [4.78, 5) is 4.69. The van der Waals surface area contributed by atoms with Crippen molar-refractivity contribution < 1.29 is 0 Å². The van der Waals surface area contributed by atoms with E-state index in [2.05, 4.69) is 40.4 Å². The van der Waals surface area contributed by atoms with Crippen molar-refractivity contribution in [3.8, 4) is 5.82 Å². The number of hydrogen-bond acceptors (Lipinski definition) is 3. The van der Waals surface area contributed by atoms with Gasteiger partial charge in [-0.2, -0.15) is 0 Å². The van der Waals surface area contributed by atoms with Gasteiger partial charge < -0.3 is 0 Å². The molecule has 0 aliphatic rings. The van der Waals surface area contributed by atoms with Crippen LogP contribution < -0.4 is 0 Å². The second kappa shape index (κ2) is 5.65. The van der Waals surface area contributed by atoms with Crippen molar-refractivity contribution in [1.29, 1.82) is 0 Å². The first-order valence-corrected chi connectivity index (χ1v) is 7.61. The molecule has 2 aromatic heterocycles. The number of pyridine rings is 1. The Bertz CT molecular complexity index is 957. The van der Waals surface area contributed by atoms with Gasteiger partial charge in [0.05, 0.1) is 17.4 Å². The highest BCUT2D eigenvalue weighted by molar-refractivity contribution is 5.82. The first-order valence-electron chi connectivity index (χ1n) is 7.61. The summed E-state index contributed by atoms with van der Waals surface area (Å²) < 4.78 is 1.75. The molecule has 0 fully saturated rings. The van der Waals surface area contributed by atoms with Gasteiger partial charge in [0.2, 0.25) is 0 Å². The second-order valence-corrected chi connectivity index (χ2v) is 5.63. The third-order valence-electron chi connectivity index (χ3n) is 3.91. The topological polar surface area (TPSA) is 43.6 Å². The van der Waals surface area contributed by atoms with Gasteiger partial charge in [-0.1, -0.05) is 53.7 Å². The zero-order valence-electron chi connectivity index (χ0n) is 12.8. The van der Waals surface area contributed by atoms with Gasteiger partial charge in [-0.3, -0.25) is 0 Å². The quantitative estimate of drug-likeness (QED) is 0.579. The van der Waals surface area contributed by atoms with E-state index >= 15 is 0 Å². The average molecular weight is 300 g/mol. The van der Waals surface area contributed by atoms with Crippen molar-refractivity contribution in [2.45, 2.75) is 13.3 Å². The Labute approximate surface area is 134 Å².